The van der Waals surface area contributed by atoms with Crippen molar-refractivity contribution < 1.29 is 14.3 Å². The third kappa shape index (κ3) is 4.35. The van der Waals surface area contributed by atoms with Crippen LogP contribution in [-0.4, -0.2) is 23.8 Å². The maximum Gasteiger partial charge on any atom is 0.238 e. The average molecular weight is 368 g/mol. The average Bonchev–Trinajstić information content (AvgIpc) is 2.60. The fourth-order valence-corrected chi connectivity index (χ4v) is 2.89. The Morgan fingerprint density at radius 3 is 2.37 bits per heavy atom. The third-order valence-electron chi connectivity index (χ3n) is 4.45. The lowest BCUT2D eigenvalue weighted by Gasteiger charge is -2.22. The van der Waals surface area contributed by atoms with Crippen molar-refractivity contribution in [1.29, 1.82) is 0 Å². The van der Waals surface area contributed by atoms with Crippen LogP contribution < -0.4 is 10.1 Å². The van der Waals surface area contributed by atoms with Crippen LogP contribution in [0.1, 0.15) is 60.4 Å². The molecule has 0 saturated carbocycles. The molecule has 2 rings (SSSR count). The molecule has 0 saturated heterocycles. The van der Waals surface area contributed by atoms with E-state index in [0.717, 1.165) is 16.8 Å². The second kappa shape index (κ2) is 7.91. The molecule has 5 heteroatoms. The second-order valence-electron chi connectivity index (χ2n) is 7.69. The van der Waals surface area contributed by atoms with Crippen LogP contribution in [0.15, 0.2) is 24.3 Å². The molecule has 1 heterocycles. The summed E-state index contributed by atoms with van der Waals surface area (Å²) in [6, 6.07) is 7.43. The number of rotatable bonds is 5. The summed E-state index contributed by atoms with van der Waals surface area (Å²) in [5, 5.41) is 2.89. The molecule has 1 N–H and O–H groups in total. The van der Waals surface area contributed by atoms with Crippen molar-refractivity contribution in [3.05, 3.63) is 52.2 Å². The number of nitrogens with one attached hydrogen (secondary N) is 1. The van der Waals surface area contributed by atoms with Crippen LogP contribution in [0.2, 0.25) is 0 Å². The van der Waals surface area contributed by atoms with Gasteiger partial charge in [0.1, 0.15) is 5.69 Å². The van der Waals surface area contributed by atoms with Gasteiger partial charge in [0.2, 0.25) is 11.8 Å². The molecule has 27 heavy (non-hydrogen) atoms. The van der Waals surface area contributed by atoms with Gasteiger partial charge in [-0.05, 0) is 31.9 Å². The summed E-state index contributed by atoms with van der Waals surface area (Å²) < 4.78 is 5.41. The number of nitrogens with zero attached hydrogens (tertiary/aromatic N) is 1. The fourth-order valence-electron chi connectivity index (χ4n) is 2.89. The number of aryl methyl sites for hydroxylation is 2. The molecule has 0 spiro atoms. The van der Waals surface area contributed by atoms with Crippen molar-refractivity contribution in [3.63, 3.8) is 0 Å². The lowest BCUT2D eigenvalue weighted by molar-refractivity contribution is -0.123. The normalized spacial score (nSPS) is 11.2. The van der Waals surface area contributed by atoms with E-state index in [1.807, 2.05) is 59.7 Å². The first-order chi connectivity index (χ1) is 12.6. The Bertz CT molecular complexity index is 880. The summed E-state index contributed by atoms with van der Waals surface area (Å²) in [6.45, 7) is 11.2. The van der Waals surface area contributed by atoms with Gasteiger partial charge in [-0.1, -0.05) is 51.5 Å². The number of methoxy groups -OCH3 is 1. The van der Waals surface area contributed by atoms with E-state index in [-0.39, 0.29) is 17.6 Å². The van der Waals surface area contributed by atoms with Crippen molar-refractivity contribution in [2.24, 2.45) is 5.41 Å². The van der Waals surface area contributed by atoms with Crippen LogP contribution in [0.5, 0.6) is 5.88 Å². The second-order valence-corrected chi connectivity index (χ2v) is 7.69. The lowest BCUT2D eigenvalue weighted by atomic mass is 9.92. The smallest absolute Gasteiger partial charge is 0.238 e. The lowest BCUT2D eigenvalue weighted by Crippen LogP contribution is -2.29. The number of carbonyl (C=O) groups excluding carboxylic acids is 2. The van der Waals surface area contributed by atoms with Crippen molar-refractivity contribution in [3.8, 4) is 5.88 Å². The molecule has 0 atom stereocenters. The van der Waals surface area contributed by atoms with E-state index >= 15 is 0 Å². The van der Waals surface area contributed by atoms with E-state index in [2.05, 4.69) is 10.3 Å². The Balaban J connectivity index is 2.73. The van der Waals surface area contributed by atoms with Gasteiger partial charge < -0.3 is 10.1 Å². The minimum atomic E-state index is -0.619. The number of aromatic nitrogens is 1. The zero-order chi connectivity index (χ0) is 20.4. The molecule has 0 radical (unpaired) electrons. The van der Waals surface area contributed by atoms with Gasteiger partial charge in [0, 0.05) is 16.7 Å². The molecule has 0 unspecified atom stereocenters. The summed E-state index contributed by atoms with van der Waals surface area (Å²) in [4.78, 5) is 30.5. The van der Waals surface area contributed by atoms with Crippen molar-refractivity contribution >= 4 is 17.4 Å². The summed E-state index contributed by atoms with van der Waals surface area (Å²) >= 11 is 0. The predicted octanol–water partition coefficient (Wildman–Crippen LogP) is 4.49. The third-order valence-corrected chi connectivity index (χ3v) is 4.45. The highest BCUT2D eigenvalue weighted by Crippen LogP contribution is 2.34. The highest BCUT2D eigenvalue weighted by Gasteiger charge is 2.29. The molecular formula is C22H28N2O3. The van der Waals surface area contributed by atoms with Crippen LogP contribution in [0.3, 0.4) is 0 Å². The van der Waals surface area contributed by atoms with Crippen LogP contribution in [0, 0.1) is 19.3 Å². The highest BCUT2D eigenvalue weighted by molar-refractivity contribution is 6.16. The maximum absolute atomic E-state index is 13.4. The first kappa shape index (κ1) is 20.6. The number of hydrogen-bond donors (Lipinski definition) is 1. The van der Waals surface area contributed by atoms with Gasteiger partial charge in [0.15, 0.2) is 5.78 Å². The van der Waals surface area contributed by atoms with Crippen LogP contribution in [0.25, 0.3) is 0 Å². The molecular weight excluding hydrogens is 340 g/mol. The standard InChI is InChI=1S/C22H28N2O3/c1-8-16-14(3)23-20(27-7)18(24-21(26)22(4,5)6)17(16)19(25)15-11-9-10-13(2)12-15/h9-12H,8H2,1-7H3,(H,24,26). The first-order valence-electron chi connectivity index (χ1n) is 9.10. The summed E-state index contributed by atoms with van der Waals surface area (Å²) in [6.07, 6.45) is 0.619. The maximum atomic E-state index is 13.4. The minimum Gasteiger partial charge on any atom is -0.479 e. The summed E-state index contributed by atoms with van der Waals surface area (Å²) in [5.74, 6) is -0.103. The minimum absolute atomic E-state index is 0.149. The number of pyridine rings is 1. The number of amides is 1. The zero-order valence-corrected chi connectivity index (χ0v) is 17.2. The number of hydrogen-bond acceptors (Lipinski definition) is 4. The number of benzene rings is 1. The van der Waals surface area contributed by atoms with Crippen LogP contribution in [-0.2, 0) is 11.2 Å². The number of carbonyl (C=O) groups is 2. The molecule has 0 aliphatic carbocycles. The van der Waals surface area contributed by atoms with Gasteiger partial charge in [0.05, 0.1) is 12.7 Å². The molecule has 5 nitrogen and oxygen atoms in total. The van der Waals surface area contributed by atoms with E-state index in [4.69, 9.17) is 4.74 Å². The molecule has 0 fully saturated rings. The van der Waals surface area contributed by atoms with E-state index in [1.54, 1.807) is 6.07 Å². The summed E-state index contributed by atoms with van der Waals surface area (Å²) in [5.41, 5.74) is 3.27. The molecule has 1 amide bonds. The molecule has 0 aliphatic heterocycles. The van der Waals surface area contributed by atoms with Gasteiger partial charge in [0.25, 0.3) is 0 Å². The van der Waals surface area contributed by atoms with Gasteiger partial charge in [-0.2, -0.15) is 0 Å². The topological polar surface area (TPSA) is 68.3 Å². The Hall–Kier alpha value is -2.69. The van der Waals surface area contributed by atoms with Crippen molar-refractivity contribution in [1.82, 2.24) is 4.98 Å². The molecule has 1 aromatic carbocycles. The van der Waals surface area contributed by atoms with Crippen LogP contribution >= 0.6 is 0 Å². The van der Waals surface area contributed by atoms with Gasteiger partial charge in [-0.3, -0.25) is 9.59 Å². The largest absolute Gasteiger partial charge is 0.479 e. The number of ketones is 1. The molecule has 0 aliphatic rings. The SMILES string of the molecule is CCc1c(C)nc(OC)c(NC(=O)C(C)(C)C)c1C(=O)c1cccc(C)c1. The quantitative estimate of drug-likeness (QED) is 0.790. The van der Waals surface area contributed by atoms with Crippen molar-refractivity contribution in [2.45, 2.75) is 48.0 Å². The van der Waals surface area contributed by atoms with Gasteiger partial charge in [-0.25, -0.2) is 4.98 Å². The number of ether oxygens (including phenoxy) is 1. The van der Waals surface area contributed by atoms with Gasteiger partial charge >= 0.3 is 0 Å². The van der Waals surface area contributed by atoms with Crippen molar-refractivity contribution in [2.75, 3.05) is 12.4 Å². The zero-order valence-electron chi connectivity index (χ0n) is 17.2. The van der Waals surface area contributed by atoms with E-state index in [9.17, 15) is 9.59 Å². The molecule has 2 aromatic rings. The Kier molecular flexibility index (Phi) is 6.04. The van der Waals surface area contributed by atoms with E-state index in [0.29, 0.717) is 23.2 Å². The monoisotopic (exact) mass is 368 g/mol. The number of anilines is 1. The molecule has 1 aromatic heterocycles. The van der Waals surface area contributed by atoms with E-state index < -0.39 is 5.41 Å². The Morgan fingerprint density at radius 1 is 1.19 bits per heavy atom. The fraction of sp³-hybridized carbons (Fsp3) is 0.409. The predicted molar refractivity (Wildman–Crippen MR) is 108 cm³/mol. The molecule has 144 valence electrons. The van der Waals surface area contributed by atoms with E-state index in [1.165, 1.54) is 7.11 Å². The first-order valence-corrected chi connectivity index (χ1v) is 9.10. The van der Waals surface area contributed by atoms with Gasteiger partial charge in [-0.15, -0.1) is 0 Å². The Morgan fingerprint density at radius 2 is 1.85 bits per heavy atom. The summed E-state index contributed by atoms with van der Waals surface area (Å²) in [7, 11) is 1.49. The highest BCUT2D eigenvalue weighted by atomic mass is 16.5. The van der Waals surface area contributed by atoms with Crippen LogP contribution in [0.4, 0.5) is 5.69 Å². The molecule has 0 bridgehead atoms. The Labute approximate surface area is 161 Å².